The van der Waals surface area contributed by atoms with Crippen LogP contribution >= 0.6 is 9.24 Å². The molecule has 3 rings (SSSR count). The Morgan fingerprint density at radius 3 is 2.28 bits per heavy atom. The number of hydrogen-bond donors (Lipinski definition) is 2. The van der Waals surface area contributed by atoms with Crippen molar-refractivity contribution >= 4 is 39.2 Å². The minimum absolute atomic E-state index is 0.0383. The van der Waals surface area contributed by atoms with E-state index in [0.717, 1.165) is 40.2 Å². The number of amides is 1. The van der Waals surface area contributed by atoms with E-state index in [-0.39, 0.29) is 5.41 Å². The smallest absolute Gasteiger partial charge is 0.232 e. The van der Waals surface area contributed by atoms with Crippen LogP contribution < -0.4 is 21.1 Å². The fourth-order valence-corrected chi connectivity index (χ4v) is 3.13. The summed E-state index contributed by atoms with van der Waals surface area (Å²) >= 11 is 0. The van der Waals surface area contributed by atoms with Crippen molar-refractivity contribution in [2.24, 2.45) is 9.98 Å². The number of anilines is 1. The van der Waals surface area contributed by atoms with Gasteiger partial charge in [0, 0.05) is 55.1 Å². The number of nitrogens with two attached hydrogens (primary N) is 1. The van der Waals surface area contributed by atoms with Crippen molar-refractivity contribution in [1.82, 2.24) is 25.1 Å². The quantitative estimate of drug-likeness (QED) is 0.106. The molecule has 0 spiro atoms. The van der Waals surface area contributed by atoms with E-state index in [4.69, 9.17) is 15.3 Å². The molecule has 0 aliphatic rings. The van der Waals surface area contributed by atoms with Crippen LogP contribution in [-0.2, 0) is 16.8 Å². The second kappa shape index (κ2) is 24.7. The van der Waals surface area contributed by atoms with Gasteiger partial charge in [0.15, 0.2) is 5.84 Å². The highest BCUT2D eigenvalue weighted by Crippen LogP contribution is 2.19. The molecule has 11 heteroatoms. The molecule has 0 aliphatic carbocycles. The maximum atomic E-state index is 9.06. The van der Waals surface area contributed by atoms with Crippen LogP contribution in [0.15, 0.2) is 70.8 Å². The molecule has 2 aromatic heterocycles. The second-order valence-corrected chi connectivity index (χ2v) is 9.69. The Labute approximate surface area is 261 Å². The van der Waals surface area contributed by atoms with Crippen molar-refractivity contribution in [2.45, 2.75) is 80.8 Å². The van der Waals surface area contributed by atoms with Gasteiger partial charge in [-0.2, -0.15) is 5.10 Å². The lowest BCUT2D eigenvalue weighted by atomic mass is 9.93. The SMILES string of the molecule is C=N/C(=C\C(=NCC)n1ccc(C(C)(C)C)n1)CC.CC.CC.CNC=O.Nc1ccc(P)c(COc2cnccn2)c1. The van der Waals surface area contributed by atoms with Crippen molar-refractivity contribution in [1.29, 1.82) is 0 Å². The van der Waals surface area contributed by atoms with Crippen LogP contribution in [0.4, 0.5) is 5.69 Å². The molecule has 10 nitrogen and oxygen atoms in total. The highest BCUT2D eigenvalue weighted by molar-refractivity contribution is 7.27. The first-order chi connectivity index (χ1) is 20.6. The molecular formula is C32H53N8O2P. The number of aromatic nitrogens is 4. The Morgan fingerprint density at radius 1 is 1.16 bits per heavy atom. The number of hydrogen-bond acceptors (Lipinski definition) is 8. The number of nitrogen functional groups attached to an aromatic ring is 1. The van der Waals surface area contributed by atoms with Gasteiger partial charge in [-0.15, -0.1) is 9.24 Å². The molecular weight excluding hydrogens is 559 g/mol. The van der Waals surface area contributed by atoms with Gasteiger partial charge in [0.2, 0.25) is 12.3 Å². The van der Waals surface area contributed by atoms with E-state index in [1.54, 1.807) is 25.6 Å². The predicted octanol–water partition coefficient (Wildman–Crippen LogP) is 5.99. The largest absolute Gasteiger partial charge is 0.472 e. The number of rotatable bonds is 8. The summed E-state index contributed by atoms with van der Waals surface area (Å²) in [5, 5.41) is 7.92. The maximum Gasteiger partial charge on any atom is 0.232 e. The molecule has 2 heterocycles. The van der Waals surface area contributed by atoms with Gasteiger partial charge in [0.25, 0.3) is 0 Å². The molecule has 1 aromatic carbocycles. The van der Waals surface area contributed by atoms with Crippen LogP contribution in [0.2, 0.25) is 0 Å². The van der Waals surface area contributed by atoms with Crippen molar-refractivity contribution in [3.63, 3.8) is 0 Å². The minimum atomic E-state index is 0.0383. The molecule has 238 valence electrons. The van der Waals surface area contributed by atoms with Gasteiger partial charge in [-0.1, -0.05) is 61.5 Å². The van der Waals surface area contributed by atoms with Gasteiger partial charge in [0.05, 0.1) is 11.9 Å². The summed E-state index contributed by atoms with van der Waals surface area (Å²) in [5.41, 5.74) is 9.46. The molecule has 0 aliphatic heterocycles. The topological polar surface area (TPSA) is 133 Å². The first-order valence-electron chi connectivity index (χ1n) is 14.5. The van der Waals surface area contributed by atoms with Gasteiger partial charge >= 0.3 is 0 Å². The van der Waals surface area contributed by atoms with Gasteiger partial charge in [0.1, 0.15) is 6.61 Å². The normalized spacial score (nSPS) is 10.6. The predicted molar refractivity (Wildman–Crippen MR) is 187 cm³/mol. The molecule has 43 heavy (non-hydrogen) atoms. The van der Waals surface area contributed by atoms with Crippen LogP contribution in [0.1, 0.15) is 80.0 Å². The van der Waals surface area contributed by atoms with Crippen molar-refractivity contribution in [2.75, 3.05) is 19.3 Å². The summed E-state index contributed by atoms with van der Waals surface area (Å²) in [6.07, 6.45) is 10.1. The highest BCUT2D eigenvalue weighted by atomic mass is 31.0. The number of ether oxygens (including phenoxy) is 1. The molecule has 3 N–H and O–H groups in total. The van der Waals surface area contributed by atoms with Gasteiger partial charge < -0.3 is 15.8 Å². The third-order valence-electron chi connectivity index (χ3n) is 4.97. The van der Waals surface area contributed by atoms with Crippen LogP contribution in [0.5, 0.6) is 5.88 Å². The van der Waals surface area contributed by atoms with E-state index in [1.807, 2.05) is 82.8 Å². The van der Waals surface area contributed by atoms with Crippen molar-refractivity contribution in [3.05, 3.63) is 72.1 Å². The maximum absolute atomic E-state index is 9.06. The lowest BCUT2D eigenvalue weighted by Gasteiger charge is -2.14. The number of aliphatic imine (C=N–C) groups is 2. The highest BCUT2D eigenvalue weighted by Gasteiger charge is 2.17. The number of nitrogens with zero attached hydrogens (tertiary/aromatic N) is 6. The van der Waals surface area contributed by atoms with E-state index in [2.05, 4.69) is 67.1 Å². The Bertz CT molecular complexity index is 1220. The summed E-state index contributed by atoms with van der Waals surface area (Å²) in [7, 11) is 4.21. The molecule has 0 saturated heterocycles. The lowest BCUT2D eigenvalue weighted by Crippen LogP contribution is -2.16. The monoisotopic (exact) mass is 612 g/mol. The molecule has 0 saturated carbocycles. The summed E-state index contributed by atoms with van der Waals surface area (Å²) < 4.78 is 7.30. The van der Waals surface area contributed by atoms with Gasteiger partial charge in [-0.3, -0.25) is 19.8 Å². The van der Waals surface area contributed by atoms with Crippen LogP contribution in [0.3, 0.4) is 0 Å². The molecule has 0 fully saturated rings. The van der Waals surface area contributed by atoms with Gasteiger partial charge in [-0.25, -0.2) is 9.67 Å². The molecule has 0 bridgehead atoms. The third-order valence-corrected chi connectivity index (χ3v) is 5.54. The summed E-state index contributed by atoms with van der Waals surface area (Å²) in [6, 6.07) is 7.72. The van der Waals surface area contributed by atoms with Crippen LogP contribution in [0.25, 0.3) is 0 Å². The second-order valence-electron chi connectivity index (χ2n) is 9.07. The number of benzene rings is 1. The van der Waals surface area contributed by atoms with E-state index in [0.29, 0.717) is 25.4 Å². The Hall–Kier alpha value is -3.91. The van der Waals surface area contributed by atoms with E-state index in [1.165, 1.54) is 0 Å². The Morgan fingerprint density at radius 2 is 1.81 bits per heavy atom. The fraction of sp³-hybridized carbons (Fsp3) is 0.438. The summed E-state index contributed by atoms with van der Waals surface area (Å²) in [4.78, 5) is 25.5. The zero-order valence-corrected chi connectivity index (χ0v) is 28.9. The van der Waals surface area contributed by atoms with Gasteiger partial charge in [-0.05, 0) is 49.1 Å². The van der Waals surface area contributed by atoms with E-state index in [9.17, 15) is 0 Å². The molecule has 1 amide bonds. The van der Waals surface area contributed by atoms with Crippen LogP contribution in [0, 0.1) is 0 Å². The number of nitrogens with one attached hydrogen (secondary N) is 1. The van der Waals surface area contributed by atoms with Crippen molar-refractivity contribution < 1.29 is 9.53 Å². The van der Waals surface area contributed by atoms with Crippen LogP contribution in [-0.4, -0.2) is 52.3 Å². The number of allylic oxidation sites excluding steroid dienone is 2. The first kappa shape index (κ1) is 41.2. The van der Waals surface area contributed by atoms with E-state index < -0.39 is 0 Å². The zero-order valence-electron chi connectivity index (χ0n) is 27.8. The number of carbonyl (C=O) groups is 1. The lowest BCUT2D eigenvalue weighted by molar-refractivity contribution is -0.109. The molecule has 0 radical (unpaired) electrons. The summed E-state index contributed by atoms with van der Waals surface area (Å²) in [5.74, 6) is 1.32. The fourth-order valence-electron chi connectivity index (χ4n) is 2.87. The Balaban J connectivity index is 0. The third kappa shape index (κ3) is 17.6. The Kier molecular flexibility index (Phi) is 23.6. The van der Waals surface area contributed by atoms with E-state index >= 15 is 0 Å². The molecule has 1 atom stereocenters. The average Bonchev–Trinajstić information content (AvgIpc) is 3.54. The average molecular weight is 613 g/mol. The molecule has 3 aromatic rings. The molecule has 1 unspecified atom stereocenters. The first-order valence-corrected chi connectivity index (χ1v) is 15.1. The standard InChI is InChI=1S/C15H24N4.C11H12N3OP.C2H5NO.2C2H6/c1-7-12(16-6)11-14(17-8-2)19-10-9-13(18-19)15(3,4)5;12-9-1-2-10(16)8(5-9)7-15-11-6-13-3-4-14-11;1-3-2-4;2*1-2/h9-11H,6-8H2,1-5H3;1-6H,7,12,16H2;2H,1H3,(H,3,4);2*1-2H3/b12-11-,17-14?;;;;. The minimum Gasteiger partial charge on any atom is -0.472 e. The zero-order chi connectivity index (χ0) is 33.3. The van der Waals surface area contributed by atoms with Crippen molar-refractivity contribution in [3.8, 4) is 5.88 Å². The summed E-state index contributed by atoms with van der Waals surface area (Å²) in [6.45, 7) is 23.2. The number of carbonyl (C=O) groups excluding carboxylic acids is 1.